The minimum Gasteiger partial charge on any atom is -0.365 e. The Hall–Kier alpha value is -1.81. The van der Waals surface area contributed by atoms with Crippen molar-refractivity contribution < 1.29 is 19.1 Å². The lowest BCUT2D eigenvalue weighted by molar-refractivity contribution is -0.142. The van der Waals surface area contributed by atoms with Crippen LogP contribution in [0.3, 0.4) is 0 Å². The van der Waals surface area contributed by atoms with Crippen LogP contribution >= 0.6 is 0 Å². The zero-order chi connectivity index (χ0) is 14.0. The van der Waals surface area contributed by atoms with Crippen LogP contribution in [0.4, 0.5) is 0 Å². The third-order valence-electron chi connectivity index (χ3n) is 3.14. The highest BCUT2D eigenvalue weighted by Gasteiger charge is 2.40. The van der Waals surface area contributed by atoms with Crippen LogP contribution in [0.5, 0.6) is 0 Å². The molecule has 1 unspecified atom stereocenters. The summed E-state index contributed by atoms with van der Waals surface area (Å²) in [5.41, 5.74) is 0.780. The Morgan fingerprint density at radius 1 is 1.11 bits per heavy atom. The molecular weight excluding hydrogens is 244 g/mol. The third-order valence-corrected chi connectivity index (χ3v) is 3.14. The molecule has 1 aromatic carbocycles. The number of hydrogen-bond donors (Lipinski definition) is 0. The van der Waals surface area contributed by atoms with Gasteiger partial charge in [-0.15, -0.1) is 0 Å². The Morgan fingerprint density at radius 3 is 2.47 bits per heavy atom. The van der Waals surface area contributed by atoms with E-state index >= 15 is 0 Å². The highest BCUT2D eigenvalue weighted by molar-refractivity contribution is 6.69. The normalized spacial score (nSPS) is 18.9. The average molecular weight is 260 g/mol. The molecular formula is C15H16O4. The maximum atomic E-state index is 11.9. The Morgan fingerprint density at radius 2 is 1.79 bits per heavy atom. The van der Waals surface area contributed by atoms with Gasteiger partial charge in [-0.05, 0) is 17.9 Å². The first-order valence-corrected chi connectivity index (χ1v) is 6.35. The van der Waals surface area contributed by atoms with Crippen molar-refractivity contribution in [2.24, 2.45) is 5.92 Å². The number of carbonyl (C=O) groups is 3. The maximum absolute atomic E-state index is 11.9. The number of Topliss-reactive ketones (excluding diaryl/α,β-unsaturated/α-hetero) is 3. The van der Waals surface area contributed by atoms with Crippen LogP contribution in [-0.4, -0.2) is 24.0 Å². The van der Waals surface area contributed by atoms with Gasteiger partial charge in [0.15, 0.2) is 0 Å². The molecule has 0 heterocycles. The molecule has 1 aliphatic rings. The predicted molar refractivity (Wildman–Crippen MR) is 68.9 cm³/mol. The molecule has 0 bridgehead atoms. The molecule has 0 saturated heterocycles. The summed E-state index contributed by atoms with van der Waals surface area (Å²) in [5, 5.41) is 0. The van der Waals surface area contributed by atoms with Gasteiger partial charge in [0.2, 0.25) is 11.6 Å². The summed E-state index contributed by atoms with van der Waals surface area (Å²) in [6.45, 7) is 4.49. The molecule has 0 N–H and O–H groups in total. The summed E-state index contributed by atoms with van der Waals surface area (Å²) < 4.78 is 5.53. The van der Waals surface area contributed by atoms with Crippen LogP contribution in [0.2, 0.25) is 0 Å². The summed E-state index contributed by atoms with van der Waals surface area (Å²) in [6.07, 6.45) is -0.131. The average Bonchev–Trinajstić information content (AvgIpc) is 2.40. The zero-order valence-electron chi connectivity index (χ0n) is 11.0. The summed E-state index contributed by atoms with van der Waals surface area (Å²) in [4.78, 5) is 35.2. The van der Waals surface area contributed by atoms with E-state index in [4.69, 9.17) is 4.74 Å². The molecule has 0 fully saturated rings. The third kappa shape index (κ3) is 2.63. The van der Waals surface area contributed by atoms with Crippen molar-refractivity contribution in [2.75, 3.05) is 6.61 Å². The predicted octanol–water partition coefficient (Wildman–Crippen LogP) is 2.12. The van der Waals surface area contributed by atoms with Gasteiger partial charge in [-0.2, -0.15) is 0 Å². The molecule has 4 heteroatoms. The molecule has 1 atom stereocenters. The number of benzene rings is 1. The van der Waals surface area contributed by atoms with Gasteiger partial charge in [0.1, 0.15) is 6.10 Å². The Balaban J connectivity index is 2.27. The van der Waals surface area contributed by atoms with E-state index in [0.717, 1.165) is 6.42 Å². The molecule has 0 aromatic heterocycles. The number of ketones is 3. The minimum absolute atomic E-state index is 0.279. The lowest BCUT2D eigenvalue weighted by Gasteiger charge is -2.22. The molecule has 2 rings (SSSR count). The summed E-state index contributed by atoms with van der Waals surface area (Å²) in [7, 11) is 0. The van der Waals surface area contributed by atoms with Gasteiger partial charge < -0.3 is 4.74 Å². The second-order valence-corrected chi connectivity index (χ2v) is 5.04. The van der Waals surface area contributed by atoms with Crippen molar-refractivity contribution in [3.63, 3.8) is 0 Å². The van der Waals surface area contributed by atoms with E-state index in [9.17, 15) is 14.4 Å². The zero-order valence-corrected chi connectivity index (χ0v) is 11.0. The second-order valence-electron chi connectivity index (χ2n) is 5.04. The summed E-state index contributed by atoms with van der Waals surface area (Å²) >= 11 is 0. The van der Waals surface area contributed by atoms with E-state index in [1.165, 1.54) is 0 Å². The van der Waals surface area contributed by atoms with E-state index in [0.29, 0.717) is 18.1 Å². The van der Waals surface area contributed by atoms with Crippen LogP contribution in [-0.2, 0) is 14.3 Å². The molecule has 0 spiro atoms. The van der Waals surface area contributed by atoms with Gasteiger partial charge in [0, 0.05) is 12.2 Å². The fraction of sp³-hybridized carbons (Fsp3) is 0.400. The fourth-order valence-corrected chi connectivity index (χ4v) is 2.01. The molecule has 19 heavy (non-hydrogen) atoms. The highest BCUT2D eigenvalue weighted by Crippen LogP contribution is 2.28. The van der Waals surface area contributed by atoms with Gasteiger partial charge in [0.25, 0.3) is 5.78 Å². The largest absolute Gasteiger partial charge is 0.365 e. The van der Waals surface area contributed by atoms with E-state index in [1.807, 2.05) is 0 Å². The summed E-state index contributed by atoms with van der Waals surface area (Å²) in [5.74, 6) is -2.02. The first kappa shape index (κ1) is 13.6. The first-order chi connectivity index (χ1) is 9.02. The van der Waals surface area contributed by atoms with Crippen LogP contribution in [0, 0.1) is 5.92 Å². The molecule has 0 radical (unpaired) electrons. The Kier molecular flexibility index (Phi) is 3.90. The fourth-order valence-electron chi connectivity index (χ4n) is 2.01. The quantitative estimate of drug-likeness (QED) is 0.778. The van der Waals surface area contributed by atoms with E-state index in [2.05, 4.69) is 13.8 Å². The SMILES string of the molecule is CC(C)CCOC1C(=O)C(=O)C(=O)c2ccccc21. The van der Waals surface area contributed by atoms with Gasteiger partial charge >= 0.3 is 0 Å². The summed E-state index contributed by atoms with van der Waals surface area (Å²) in [6, 6.07) is 6.62. The monoisotopic (exact) mass is 260 g/mol. The number of fused-ring (bicyclic) bond motifs is 1. The standard InChI is InChI=1S/C15H16O4/c1-9(2)7-8-19-15-11-6-4-3-5-10(11)12(16)13(17)14(15)18/h3-6,9,15H,7-8H2,1-2H3. The molecule has 100 valence electrons. The van der Waals surface area contributed by atoms with Crippen LogP contribution in [0.25, 0.3) is 0 Å². The van der Waals surface area contributed by atoms with E-state index < -0.39 is 23.5 Å². The van der Waals surface area contributed by atoms with E-state index in [-0.39, 0.29) is 5.56 Å². The van der Waals surface area contributed by atoms with Crippen molar-refractivity contribution >= 4 is 17.3 Å². The second kappa shape index (κ2) is 5.45. The Bertz CT molecular complexity index is 531. The highest BCUT2D eigenvalue weighted by atomic mass is 16.5. The smallest absolute Gasteiger partial charge is 0.272 e. The first-order valence-electron chi connectivity index (χ1n) is 6.35. The van der Waals surface area contributed by atoms with Gasteiger partial charge in [0.05, 0.1) is 0 Å². The molecule has 0 aliphatic heterocycles. The number of carbonyl (C=O) groups excluding carboxylic acids is 3. The van der Waals surface area contributed by atoms with Gasteiger partial charge in [-0.25, -0.2) is 0 Å². The van der Waals surface area contributed by atoms with Crippen molar-refractivity contribution in [3.05, 3.63) is 35.4 Å². The molecule has 4 nitrogen and oxygen atoms in total. The van der Waals surface area contributed by atoms with Crippen molar-refractivity contribution in [1.29, 1.82) is 0 Å². The molecule has 1 aromatic rings. The molecule has 1 aliphatic carbocycles. The van der Waals surface area contributed by atoms with Crippen LogP contribution in [0.1, 0.15) is 42.3 Å². The Labute approximate surface area is 111 Å². The van der Waals surface area contributed by atoms with E-state index in [1.54, 1.807) is 24.3 Å². The van der Waals surface area contributed by atoms with Crippen molar-refractivity contribution in [1.82, 2.24) is 0 Å². The maximum Gasteiger partial charge on any atom is 0.272 e. The van der Waals surface area contributed by atoms with Crippen LogP contribution in [0.15, 0.2) is 24.3 Å². The molecule has 0 amide bonds. The topological polar surface area (TPSA) is 60.4 Å². The van der Waals surface area contributed by atoms with Crippen LogP contribution < -0.4 is 0 Å². The van der Waals surface area contributed by atoms with Gasteiger partial charge in [-0.3, -0.25) is 14.4 Å². The van der Waals surface area contributed by atoms with Gasteiger partial charge in [-0.1, -0.05) is 38.1 Å². The lowest BCUT2D eigenvalue weighted by atomic mass is 9.86. The number of ether oxygens (including phenoxy) is 1. The number of rotatable bonds is 4. The van der Waals surface area contributed by atoms with Crippen molar-refractivity contribution in [3.8, 4) is 0 Å². The molecule has 0 saturated carbocycles. The van der Waals surface area contributed by atoms with Crippen molar-refractivity contribution in [2.45, 2.75) is 26.4 Å². The minimum atomic E-state index is -0.978. The lowest BCUT2D eigenvalue weighted by Crippen LogP contribution is -2.36. The number of hydrogen-bond acceptors (Lipinski definition) is 4.